The fraction of sp³-hybridized carbons (Fsp3) is 0.381. The van der Waals surface area contributed by atoms with Gasteiger partial charge in [-0.15, -0.1) is 37.1 Å². The van der Waals surface area contributed by atoms with E-state index in [1.807, 2.05) is 0 Å². The number of halogens is 4. The molecule has 1 fully saturated rings. The molecule has 2 aromatic carbocycles. The zero-order chi connectivity index (χ0) is 21.4. The van der Waals surface area contributed by atoms with E-state index in [1.54, 1.807) is 0 Å². The lowest BCUT2D eigenvalue weighted by molar-refractivity contribution is -0.274. The molecule has 1 aliphatic rings. The number of nitrogens with zero attached hydrogens (tertiary/aromatic N) is 2. The van der Waals surface area contributed by atoms with Crippen molar-refractivity contribution in [2.75, 3.05) is 26.3 Å². The molecule has 6 nitrogen and oxygen atoms in total. The van der Waals surface area contributed by atoms with Crippen molar-refractivity contribution in [1.82, 2.24) is 10.2 Å². The van der Waals surface area contributed by atoms with Gasteiger partial charge in [-0.1, -0.05) is 36.4 Å². The van der Waals surface area contributed by atoms with Crippen LogP contribution in [0.1, 0.15) is 16.7 Å². The molecule has 0 aliphatic carbocycles. The van der Waals surface area contributed by atoms with Gasteiger partial charge in [0.1, 0.15) is 5.75 Å². The molecule has 2 aromatic rings. The van der Waals surface area contributed by atoms with Gasteiger partial charge in [-0.3, -0.25) is 4.90 Å². The highest BCUT2D eigenvalue weighted by Crippen LogP contribution is 2.22. The Balaban J connectivity index is 0.00000341. The molecule has 0 atom stereocenters. The van der Waals surface area contributed by atoms with Crippen molar-refractivity contribution < 1.29 is 22.6 Å². The van der Waals surface area contributed by atoms with Crippen LogP contribution in [0.15, 0.2) is 53.5 Å². The summed E-state index contributed by atoms with van der Waals surface area (Å²) < 4.78 is 45.7. The van der Waals surface area contributed by atoms with Gasteiger partial charge in [-0.05, 0) is 28.8 Å². The molecule has 3 N–H and O–H groups in total. The first-order valence-electron chi connectivity index (χ1n) is 9.64. The number of ether oxygens (including phenoxy) is 2. The molecule has 170 valence electrons. The Kier molecular flexibility index (Phi) is 9.85. The minimum absolute atomic E-state index is 0. The number of aliphatic imine (C=N–C) groups is 1. The summed E-state index contributed by atoms with van der Waals surface area (Å²) in [7, 11) is 0. The summed E-state index contributed by atoms with van der Waals surface area (Å²) in [5.74, 6) is 0.00130. The monoisotopic (exact) mass is 550 g/mol. The lowest BCUT2D eigenvalue weighted by atomic mass is 10.1. The maximum Gasteiger partial charge on any atom is 0.573 e. The fourth-order valence-corrected chi connectivity index (χ4v) is 3.00. The van der Waals surface area contributed by atoms with Gasteiger partial charge >= 0.3 is 6.36 Å². The number of morpholine rings is 1. The first-order chi connectivity index (χ1) is 14.4. The third-order valence-corrected chi connectivity index (χ3v) is 4.60. The van der Waals surface area contributed by atoms with E-state index in [9.17, 15) is 13.2 Å². The van der Waals surface area contributed by atoms with Crippen LogP contribution < -0.4 is 15.8 Å². The molecule has 3 rings (SSSR count). The second-order valence-corrected chi connectivity index (χ2v) is 6.95. The fourth-order valence-electron chi connectivity index (χ4n) is 3.00. The molecule has 0 amide bonds. The van der Waals surface area contributed by atoms with Crippen LogP contribution in [0.2, 0.25) is 0 Å². The largest absolute Gasteiger partial charge is 0.573 e. The predicted octanol–water partition coefficient (Wildman–Crippen LogP) is 3.64. The van der Waals surface area contributed by atoms with Gasteiger partial charge in [0, 0.05) is 26.2 Å². The number of nitrogens with two attached hydrogens (primary N) is 1. The molecule has 0 bridgehead atoms. The molecular formula is C21H26F3IN4O2. The molecule has 0 spiro atoms. The minimum atomic E-state index is -4.70. The second-order valence-electron chi connectivity index (χ2n) is 6.95. The van der Waals surface area contributed by atoms with Crippen LogP contribution in [0.3, 0.4) is 0 Å². The van der Waals surface area contributed by atoms with Gasteiger partial charge in [-0.25, -0.2) is 4.99 Å². The Morgan fingerprint density at radius 3 is 2.19 bits per heavy atom. The van der Waals surface area contributed by atoms with Gasteiger partial charge in [0.2, 0.25) is 0 Å². The van der Waals surface area contributed by atoms with Gasteiger partial charge < -0.3 is 20.5 Å². The predicted molar refractivity (Wildman–Crippen MR) is 123 cm³/mol. The molecule has 0 radical (unpaired) electrons. The normalized spacial score (nSPS) is 15.3. The molecule has 1 aliphatic heterocycles. The molecule has 0 unspecified atom stereocenters. The van der Waals surface area contributed by atoms with Crippen molar-refractivity contribution in [3.8, 4) is 5.75 Å². The highest BCUT2D eigenvalue weighted by Gasteiger charge is 2.30. The Labute approximate surface area is 196 Å². The van der Waals surface area contributed by atoms with E-state index in [4.69, 9.17) is 10.5 Å². The molecule has 1 heterocycles. The van der Waals surface area contributed by atoms with E-state index in [0.29, 0.717) is 6.54 Å². The van der Waals surface area contributed by atoms with Crippen LogP contribution in [-0.4, -0.2) is 43.5 Å². The first kappa shape index (κ1) is 25.2. The lowest BCUT2D eigenvalue weighted by Gasteiger charge is -2.26. The first-order valence-corrected chi connectivity index (χ1v) is 9.64. The quantitative estimate of drug-likeness (QED) is 0.313. The summed E-state index contributed by atoms with van der Waals surface area (Å²) >= 11 is 0. The van der Waals surface area contributed by atoms with E-state index >= 15 is 0 Å². The van der Waals surface area contributed by atoms with Crippen molar-refractivity contribution >= 4 is 29.9 Å². The summed E-state index contributed by atoms with van der Waals surface area (Å²) in [4.78, 5) is 6.57. The van der Waals surface area contributed by atoms with E-state index < -0.39 is 6.36 Å². The molecule has 10 heteroatoms. The number of rotatable bonds is 7. The Bertz CT molecular complexity index is 824. The average Bonchev–Trinajstić information content (AvgIpc) is 2.72. The Hall–Kier alpha value is -2.05. The average molecular weight is 550 g/mol. The second kappa shape index (κ2) is 12.1. The Morgan fingerprint density at radius 1 is 1.00 bits per heavy atom. The summed E-state index contributed by atoms with van der Waals surface area (Å²) in [6.07, 6.45) is -4.70. The van der Waals surface area contributed by atoms with Crippen molar-refractivity contribution in [3.63, 3.8) is 0 Å². The summed E-state index contributed by atoms with van der Waals surface area (Å²) in [6, 6.07) is 13.8. The van der Waals surface area contributed by atoms with E-state index in [1.165, 1.54) is 29.8 Å². The topological polar surface area (TPSA) is 72.1 Å². The van der Waals surface area contributed by atoms with Crippen molar-refractivity contribution in [2.24, 2.45) is 10.7 Å². The van der Waals surface area contributed by atoms with E-state index in [0.717, 1.165) is 44.0 Å². The standard InChI is InChI=1S/C21H25F3N4O2.HI/c22-21(23,24)30-19-7-5-17(6-8-19)14-27-20(25)26-13-16-1-3-18(4-2-16)15-28-9-11-29-12-10-28;/h1-8H,9-15H2,(H3,25,26,27);1H. The maximum atomic E-state index is 12.2. The molecule has 0 aromatic heterocycles. The van der Waals surface area contributed by atoms with Gasteiger partial charge in [0.25, 0.3) is 0 Å². The molecule has 31 heavy (non-hydrogen) atoms. The number of hydrogen-bond donors (Lipinski definition) is 2. The zero-order valence-corrected chi connectivity index (χ0v) is 19.2. The number of hydrogen-bond acceptors (Lipinski definition) is 4. The highest BCUT2D eigenvalue weighted by molar-refractivity contribution is 14.0. The van der Waals surface area contributed by atoms with E-state index in [2.05, 4.69) is 44.2 Å². The lowest BCUT2D eigenvalue weighted by Crippen LogP contribution is -2.35. The molecule has 0 saturated carbocycles. The third kappa shape index (κ3) is 9.32. The van der Waals surface area contributed by atoms with Crippen LogP contribution in [0, 0.1) is 0 Å². The van der Waals surface area contributed by atoms with Crippen LogP contribution >= 0.6 is 24.0 Å². The molecular weight excluding hydrogens is 524 g/mol. The van der Waals surface area contributed by atoms with Crippen LogP contribution in [0.5, 0.6) is 5.75 Å². The summed E-state index contributed by atoms with van der Waals surface area (Å²) in [5.41, 5.74) is 8.93. The van der Waals surface area contributed by atoms with Crippen LogP contribution in [0.25, 0.3) is 0 Å². The van der Waals surface area contributed by atoms with Crippen molar-refractivity contribution in [3.05, 3.63) is 65.2 Å². The van der Waals surface area contributed by atoms with Crippen molar-refractivity contribution in [2.45, 2.75) is 26.0 Å². The summed E-state index contributed by atoms with van der Waals surface area (Å²) in [5, 5.41) is 3.04. The maximum absolute atomic E-state index is 12.2. The number of benzene rings is 2. The number of guanidine groups is 1. The smallest absolute Gasteiger partial charge is 0.406 e. The van der Waals surface area contributed by atoms with Gasteiger partial charge in [0.05, 0.1) is 19.8 Å². The zero-order valence-electron chi connectivity index (χ0n) is 16.9. The molecule has 1 saturated heterocycles. The van der Waals surface area contributed by atoms with E-state index in [-0.39, 0.29) is 42.2 Å². The summed E-state index contributed by atoms with van der Waals surface area (Å²) in [6.45, 7) is 5.17. The minimum Gasteiger partial charge on any atom is -0.406 e. The van der Waals surface area contributed by atoms with Gasteiger partial charge in [0.15, 0.2) is 5.96 Å². The Morgan fingerprint density at radius 2 is 1.58 bits per heavy atom. The van der Waals surface area contributed by atoms with Crippen LogP contribution in [0.4, 0.5) is 13.2 Å². The third-order valence-electron chi connectivity index (χ3n) is 4.60. The van der Waals surface area contributed by atoms with Crippen LogP contribution in [-0.2, 0) is 24.4 Å². The highest BCUT2D eigenvalue weighted by atomic mass is 127. The number of nitrogens with one attached hydrogen (secondary N) is 1. The van der Waals surface area contributed by atoms with Gasteiger partial charge in [-0.2, -0.15) is 0 Å². The SMILES string of the molecule is I.NC(=NCc1ccc(OC(F)(F)F)cc1)NCc1ccc(CN2CCOCC2)cc1. The number of alkyl halides is 3. The van der Waals surface area contributed by atoms with Crippen molar-refractivity contribution in [1.29, 1.82) is 0 Å².